The van der Waals surface area contributed by atoms with Crippen molar-refractivity contribution in [1.82, 2.24) is 4.98 Å². The fraction of sp³-hybridized carbons (Fsp3) is 0.600. The zero-order valence-corrected chi connectivity index (χ0v) is 9.80. The van der Waals surface area contributed by atoms with Gasteiger partial charge in [-0.2, -0.15) is 0 Å². The molecule has 2 N–H and O–H groups in total. The van der Waals surface area contributed by atoms with Crippen LogP contribution in [0, 0.1) is 5.41 Å². The third kappa shape index (κ3) is 2.68. The highest BCUT2D eigenvalue weighted by Crippen LogP contribution is 2.27. The first-order valence-electron chi connectivity index (χ1n) is 5.01. The summed E-state index contributed by atoms with van der Waals surface area (Å²) in [5, 5.41) is 14.9. The van der Waals surface area contributed by atoms with Gasteiger partial charge in [-0.3, -0.25) is 4.79 Å². The number of carbonyl (C=O) groups is 1. The van der Waals surface area contributed by atoms with Gasteiger partial charge in [-0.15, -0.1) is 11.3 Å². The largest absolute Gasteiger partial charge is 0.481 e. The minimum Gasteiger partial charge on any atom is -0.481 e. The minimum absolute atomic E-state index is 0.433. The molecule has 15 heavy (non-hydrogen) atoms. The van der Waals surface area contributed by atoms with Crippen LogP contribution in [0.2, 0.25) is 0 Å². The fourth-order valence-electron chi connectivity index (χ4n) is 1.43. The quantitative estimate of drug-likeness (QED) is 0.785. The molecule has 1 heterocycles. The summed E-state index contributed by atoms with van der Waals surface area (Å²) in [5.41, 5.74) is -0.675. The van der Waals surface area contributed by atoms with E-state index in [0.717, 1.165) is 5.13 Å². The van der Waals surface area contributed by atoms with E-state index in [1.54, 1.807) is 6.20 Å². The molecule has 0 aliphatic rings. The van der Waals surface area contributed by atoms with Gasteiger partial charge in [0.1, 0.15) is 0 Å². The van der Waals surface area contributed by atoms with Crippen LogP contribution in [-0.2, 0) is 4.79 Å². The second-order valence-electron chi connectivity index (χ2n) is 3.48. The Morgan fingerprint density at radius 1 is 1.60 bits per heavy atom. The van der Waals surface area contributed by atoms with E-state index in [0.29, 0.717) is 19.4 Å². The van der Waals surface area contributed by atoms with Crippen molar-refractivity contribution >= 4 is 22.4 Å². The summed E-state index contributed by atoms with van der Waals surface area (Å²) in [6, 6.07) is 0. The molecule has 0 spiro atoms. The van der Waals surface area contributed by atoms with Crippen LogP contribution in [0.5, 0.6) is 0 Å². The minimum atomic E-state index is -0.739. The molecule has 1 aromatic heterocycles. The number of nitrogens with zero attached hydrogens (tertiary/aromatic N) is 1. The summed E-state index contributed by atoms with van der Waals surface area (Å²) in [7, 11) is 0. The standard InChI is InChI=1S/C10H16N2O2S/c1-3-10(4-2,8(13)14)7-12-9-11-5-6-15-9/h5-6H,3-4,7H2,1-2H3,(H,11,12)(H,13,14). The van der Waals surface area contributed by atoms with Crippen LogP contribution in [0.25, 0.3) is 0 Å². The van der Waals surface area contributed by atoms with Crippen molar-refractivity contribution in [3.63, 3.8) is 0 Å². The number of nitrogens with one attached hydrogen (secondary N) is 1. The van der Waals surface area contributed by atoms with E-state index in [9.17, 15) is 9.90 Å². The van der Waals surface area contributed by atoms with E-state index in [4.69, 9.17) is 0 Å². The van der Waals surface area contributed by atoms with Gasteiger partial charge in [0.2, 0.25) is 0 Å². The lowest BCUT2D eigenvalue weighted by atomic mass is 9.82. The van der Waals surface area contributed by atoms with E-state index < -0.39 is 11.4 Å². The molecule has 0 bridgehead atoms. The number of aromatic nitrogens is 1. The maximum atomic E-state index is 11.2. The van der Waals surface area contributed by atoms with Crippen molar-refractivity contribution in [2.45, 2.75) is 26.7 Å². The van der Waals surface area contributed by atoms with Crippen LogP contribution in [0.1, 0.15) is 26.7 Å². The highest BCUT2D eigenvalue weighted by atomic mass is 32.1. The molecule has 0 aromatic carbocycles. The Labute approximate surface area is 93.4 Å². The maximum Gasteiger partial charge on any atom is 0.311 e. The van der Waals surface area contributed by atoms with Gasteiger partial charge in [-0.1, -0.05) is 13.8 Å². The predicted molar refractivity (Wildman–Crippen MR) is 61.3 cm³/mol. The van der Waals surface area contributed by atoms with Crippen molar-refractivity contribution in [3.8, 4) is 0 Å². The van der Waals surface area contributed by atoms with Crippen LogP contribution < -0.4 is 5.32 Å². The molecule has 5 heteroatoms. The van der Waals surface area contributed by atoms with Gasteiger partial charge in [0, 0.05) is 18.1 Å². The Hall–Kier alpha value is -1.10. The van der Waals surface area contributed by atoms with Gasteiger partial charge in [-0.25, -0.2) is 4.98 Å². The molecule has 1 aromatic rings. The van der Waals surface area contributed by atoms with Gasteiger partial charge < -0.3 is 10.4 Å². The summed E-state index contributed by atoms with van der Waals surface area (Å²) < 4.78 is 0. The molecular formula is C10H16N2O2S. The molecule has 0 saturated heterocycles. The van der Waals surface area contributed by atoms with E-state index in [-0.39, 0.29) is 0 Å². The summed E-state index contributed by atoms with van der Waals surface area (Å²) in [5.74, 6) is -0.739. The van der Waals surface area contributed by atoms with Crippen LogP contribution >= 0.6 is 11.3 Å². The number of rotatable bonds is 6. The van der Waals surface area contributed by atoms with Gasteiger partial charge in [0.15, 0.2) is 5.13 Å². The van der Waals surface area contributed by atoms with Crippen molar-refractivity contribution in [2.75, 3.05) is 11.9 Å². The molecule has 84 valence electrons. The summed E-state index contributed by atoms with van der Waals surface area (Å²) >= 11 is 1.48. The van der Waals surface area contributed by atoms with Crippen LogP contribution in [-0.4, -0.2) is 22.6 Å². The first-order chi connectivity index (χ1) is 7.14. The second-order valence-corrected chi connectivity index (χ2v) is 4.38. The second kappa shape index (κ2) is 5.11. The summed E-state index contributed by atoms with van der Waals surface area (Å²) in [6.45, 7) is 4.24. The Kier molecular flexibility index (Phi) is 4.08. The topological polar surface area (TPSA) is 62.2 Å². The monoisotopic (exact) mass is 228 g/mol. The van der Waals surface area contributed by atoms with E-state index in [2.05, 4.69) is 10.3 Å². The Balaban J connectivity index is 2.63. The predicted octanol–water partition coefficient (Wildman–Crippen LogP) is 2.45. The molecule has 0 unspecified atom stereocenters. The Bertz CT molecular complexity index is 307. The van der Waals surface area contributed by atoms with E-state index in [1.807, 2.05) is 19.2 Å². The number of aliphatic carboxylic acids is 1. The van der Waals surface area contributed by atoms with E-state index in [1.165, 1.54) is 11.3 Å². The average molecular weight is 228 g/mol. The summed E-state index contributed by atoms with van der Waals surface area (Å²) in [4.78, 5) is 15.2. The van der Waals surface area contributed by atoms with Crippen molar-refractivity contribution < 1.29 is 9.90 Å². The number of thiazole rings is 1. The molecule has 0 amide bonds. The summed E-state index contributed by atoms with van der Waals surface area (Å²) in [6.07, 6.45) is 2.95. The molecule has 0 fully saturated rings. The third-order valence-electron chi connectivity index (χ3n) is 2.82. The lowest BCUT2D eigenvalue weighted by Gasteiger charge is -2.26. The number of anilines is 1. The molecule has 4 nitrogen and oxygen atoms in total. The zero-order valence-electron chi connectivity index (χ0n) is 8.99. The number of hydrogen-bond donors (Lipinski definition) is 2. The molecular weight excluding hydrogens is 212 g/mol. The molecule has 0 saturated carbocycles. The van der Waals surface area contributed by atoms with Crippen LogP contribution in [0.3, 0.4) is 0 Å². The Morgan fingerprint density at radius 2 is 2.27 bits per heavy atom. The van der Waals surface area contributed by atoms with Crippen molar-refractivity contribution in [3.05, 3.63) is 11.6 Å². The normalized spacial score (nSPS) is 11.3. The van der Waals surface area contributed by atoms with Crippen molar-refractivity contribution in [2.24, 2.45) is 5.41 Å². The highest BCUT2D eigenvalue weighted by Gasteiger charge is 2.34. The average Bonchev–Trinajstić information content (AvgIpc) is 2.72. The zero-order chi connectivity index (χ0) is 11.3. The number of hydrogen-bond acceptors (Lipinski definition) is 4. The van der Waals surface area contributed by atoms with Gasteiger partial charge in [0.25, 0.3) is 0 Å². The van der Waals surface area contributed by atoms with Gasteiger partial charge >= 0.3 is 5.97 Å². The van der Waals surface area contributed by atoms with Crippen LogP contribution in [0.4, 0.5) is 5.13 Å². The highest BCUT2D eigenvalue weighted by molar-refractivity contribution is 7.13. The molecule has 0 atom stereocenters. The third-order valence-corrected chi connectivity index (χ3v) is 3.55. The van der Waals surface area contributed by atoms with Gasteiger partial charge in [-0.05, 0) is 12.8 Å². The smallest absolute Gasteiger partial charge is 0.311 e. The fourth-order valence-corrected chi connectivity index (χ4v) is 1.96. The Morgan fingerprint density at radius 3 is 2.67 bits per heavy atom. The lowest BCUT2D eigenvalue weighted by Crippen LogP contribution is -2.36. The van der Waals surface area contributed by atoms with E-state index >= 15 is 0 Å². The molecule has 0 aliphatic carbocycles. The number of carboxylic acids is 1. The lowest BCUT2D eigenvalue weighted by molar-refractivity contribution is -0.148. The van der Waals surface area contributed by atoms with Crippen molar-refractivity contribution in [1.29, 1.82) is 0 Å². The SMILES string of the molecule is CCC(CC)(CNc1nccs1)C(=O)O. The first-order valence-corrected chi connectivity index (χ1v) is 5.89. The molecule has 1 rings (SSSR count). The molecule has 0 radical (unpaired) electrons. The molecule has 0 aliphatic heterocycles. The maximum absolute atomic E-state index is 11.2. The number of carboxylic acid groups (broad SMARTS) is 1. The first kappa shape index (κ1) is 12.0. The van der Waals surface area contributed by atoms with Gasteiger partial charge in [0.05, 0.1) is 5.41 Å². The van der Waals surface area contributed by atoms with Crippen LogP contribution in [0.15, 0.2) is 11.6 Å².